The van der Waals surface area contributed by atoms with Crippen LogP contribution < -0.4 is 0 Å². The summed E-state index contributed by atoms with van der Waals surface area (Å²) in [5.74, 6) is 0.153. The van der Waals surface area contributed by atoms with E-state index in [1.807, 2.05) is 38.1 Å². The average Bonchev–Trinajstić information content (AvgIpc) is 2.82. The number of aryl methyl sites for hydroxylation is 1. The van der Waals surface area contributed by atoms with Crippen molar-refractivity contribution >= 4 is 40.3 Å². The van der Waals surface area contributed by atoms with Gasteiger partial charge in [0.25, 0.3) is 0 Å². The fourth-order valence-corrected chi connectivity index (χ4v) is 3.23. The van der Waals surface area contributed by atoms with Crippen LogP contribution in [0.1, 0.15) is 28.6 Å². The summed E-state index contributed by atoms with van der Waals surface area (Å²) in [7, 11) is 0. The highest BCUT2D eigenvalue weighted by molar-refractivity contribution is 7.17. The summed E-state index contributed by atoms with van der Waals surface area (Å²) in [4.78, 5) is 13.4. The highest BCUT2D eigenvalue weighted by atomic mass is 35.5. The molecule has 0 saturated carbocycles. The number of benzene rings is 1. The highest BCUT2D eigenvalue weighted by Crippen LogP contribution is 2.36. The molecule has 0 saturated heterocycles. The topological polar surface area (TPSA) is 17.1 Å². The summed E-state index contributed by atoms with van der Waals surface area (Å²) < 4.78 is 0. The van der Waals surface area contributed by atoms with Crippen molar-refractivity contribution in [1.29, 1.82) is 0 Å². The minimum atomic E-state index is 0.153. The van der Waals surface area contributed by atoms with Gasteiger partial charge in [0, 0.05) is 26.9 Å². The van der Waals surface area contributed by atoms with Crippen molar-refractivity contribution < 1.29 is 4.79 Å². The van der Waals surface area contributed by atoms with Crippen LogP contribution in [0.2, 0.25) is 10.0 Å². The second-order valence-corrected chi connectivity index (χ2v) is 5.92. The number of ketones is 1. The molecular weight excluding hydrogens is 287 g/mol. The van der Waals surface area contributed by atoms with Crippen LogP contribution in [0.4, 0.5) is 0 Å². The van der Waals surface area contributed by atoms with E-state index in [4.69, 9.17) is 23.2 Å². The average molecular weight is 299 g/mol. The molecule has 2 aromatic rings. The van der Waals surface area contributed by atoms with Gasteiger partial charge in [-0.25, -0.2) is 0 Å². The number of rotatable bonds is 3. The van der Waals surface area contributed by atoms with E-state index in [0.29, 0.717) is 16.5 Å². The van der Waals surface area contributed by atoms with Crippen LogP contribution in [-0.4, -0.2) is 5.78 Å². The van der Waals surface area contributed by atoms with Gasteiger partial charge in [-0.1, -0.05) is 30.1 Å². The van der Waals surface area contributed by atoms with E-state index < -0.39 is 0 Å². The lowest BCUT2D eigenvalue weighted by Gasteiger charge is -2.05. The van der Waals surface area contributed by atoms with Crippen LogP contribution in [0, 0.1) is 6.92 Å². The summed E-state index contributed by atoms with van der Waals surface area (Å²) in [5, 5.41) is 1.35. The lowest BCUT2D eigenvalue weighted by atomic mass is 10.1. The molecule has 0 aliphatic carbocycles. The Morgan fingerprint density at radius 3 is 2.61 bits per heavy atom. The van der Waals surface area contributed by atoms with E-state index in [9.17, 15) is 4.79 Å². The molecule has 0 unspecified atom stereocenters. The SMILES string of the molecule is CCC(=O)c1ccc(-c2cc(Cl)c(C)cc2Cl)s1. The number of carbonyl (C=O) groups excluding carboxylic acids is 1. The molecular formula is C14H12Cl2OS. The molecule has 1 aromatic carbocycles. The van der Waals surface area contributed by atoms with Crippen molar-refractivity contribution in [2.24, 2.45) is 0 Å². The van der Waals surface area contributed by atoms with E-state index in [1.165, 1.54) is 11.3 Å². The molecule has 1 nitrogen and oxygen atoms in total. The molecule has 18 heavy (non-hydrogen) atoms. The first kappa shape index (κ1) is 13.6. The first-order valence-electron chi connectivity index (χ1n) is 5.62. The van der Waals surface area contributed by atoms with E-state index in [0.717, 1.165) is 20.9 Å². The van der Waals surface area contributed by atoms with Crippen molar-refractivity contribution in [3.05, 3.63) is 44.8 Å². The number of halogens is 2. The first-order chi connectivity index (χ1) is 8.52. The third-order valence-corrected chi connectivity index (χ3v) is 4.60. The Morgan fingerprint density at radius 2 is 1.94 bits per heavy atom. The molecule has 0 amide bonds. The van der Waals surface area contributed by atoms with Crippen LogP contribution >= 0.6 is 34.5 Å². The maximum atomic E-state index is 11.6. The Hall–Kier alpha value is -0.830. The molecule has 0 radical (unpaired) electrons. The first-order valence-corrected chi connectivity index (χ1v) is 7.19. The molecule has 0 spiro atoms. The molecule has 0 bridgehead atoms. The fourth-order valence-electron chi connectivity index (χ4n) is 1.64. The van der Waals surface area contributed by atoms with Gasteiger partial charge in [-0.05, 0) is 36.8 Å². The molecule has 94 valence electrons. The molecule has 0 atom stereocenters. The zero-order valence-corrected chi connectivity index (χ0v) is 12.4. The molecule has 1 aromatic heterocycles. The normalized spacial score (nSPS) is 10.7. The number of Topliss-reactive ketones (excluding diaryl/α,β-unsaturated/α-hetero) is 1. The van der Waals surface area contributed by atoms with E-state index in [2.05, 4.69) is 0 Å². The van der Waals surface area contributed by atoms with Gasteiger partial charge in [-0.3, -0.25) is 4.79 Å². The van der Waals surface area contributed by atoms with Crippen molar-refractivity contribution in [2.75, 3.05) is 0 Å². The maximum absolute atomic E-state index is 11.6. The Bertz CT molecular complexity index is 602. The van der Waals surface area contributed by atoms with Crippen molar-refractivity contribution in [2.45, 2.75) is 20.3 Å². The molecule has 1 heterocycles. The Labute approximate surface area is 120 Å². The monoisotopic (exact) mass is 298 g/mol. The fraction of sp³-hybridized carbons (Fsp3) is 0.214. The Kier molecular flexibility index (Phi) is 4.10. The predicted molar refractivity (Wildman–Crippen MR) is 79.1 cm³/mol. The van der Waals surface area contributed by atoms with Gasteiger partial charge < -0.3 is 0 Å². The number of thiophene rings is 1. The van der Waals surface area contributed by atoms with Crippen molar-refractivity contribution in [1.82, 2.24) is 0 Å². The second-order valence-electron chi connectivity index (χ2n) is 4.02. The highest BCUT2D eigenvalue weighted by Gasteiger charge is 2.12. The van der Waals surface area contributed by atoms with Crippen LogP contribution in [0.25, 0.3) is 10.4 Å². The quantitative estimate of drug-likeness (QED) is 0.672. The summed E-state index contributed by atoms with van der Waals surface area (Å²) in [5.41, 5.74) is 1.83. The molecule has 0 aliphatic heterocycles. The van der Waals surface area contributed by atoms with Crippen molar-refractivity contribution in [3.8, 4) is 10.4 Å². The largest absolute Gasteiger partial charge is 0.293 e. The summed E-state index contributed by atoms with van der Waals surface area (Å²) in [6.45, 7) is 3.77. The molecule has 0 fully saturated rings. The summed E-state index contributed by atoms with van der Waals surface area (Å²) >= 11 is 13.8. The van der Waals surface area contributed by atoms with Gasteiger partial charge in [0.1, 0.15) is 0 Å². The van der Waals surface area contributed by atoms with Crippen LogP contribution in [-0.2, 0) is 0 Å². The predicted octanol–water partition coefficient (Wildman–Crippen LogP) is 5.62. The van der Waals surface area contributed by atoms with Crippen LogP contribution in [0.5, 0.6) is 0 Å². The van der Waals surface area contributed by atoms with Gasteiger partial charge in [-0.15, -0.1) is 11.3 Å². The van der Waals surface area contributed by atoms with E-state index in [-0.39, 0.29) is 5.78 Å². The lowest BCUT2D eigenvalue weighted by molar-refractivity contribution is 0.0992. The standard InChI is InChI=1S/C14H12Cl2OS/c1-3-12(17)14-5-4-13(18-14)9-7-10(15)8(2)6-11(9)16/h4-7H,3H2,1-2H3. The third-order valence-electron chi connectivity index (χ3n) is 2.72. The zero-order chi connectivity index (χ0) is 13.3. The molecule has 4 heteroatoms. The van der Waals surface area contributed by atoms with E-state index in [1.54, 1.807) is 0 Å². The van der Waals surface area contributed by atoms with Gasteiger partial charge in [0.2, 0.25) is 0 Å². The second kappa shape index (κ2) is 5.43. The van der Waals surface area contributed by atoms with Gasteiger partial charge in [-0.2, -0.15) is 0 Å². The number of hydrogen-bond donors (Lipinski definition) is 0. The minimum Gasteiger partial charge on any atom is -0.293 e. The number of hydrogen-bond acceptors (Lipinski definition) is 2. The van der Waals surface area contributed by atoms with Gasteiger partial charge in [0.15, 0.2) is 5.78 Å². The van der Waals surface area contributed by atoms with Crippen LogP contribution in [0.15, 0.2) is 24.3 Å². The molecule has 0 aliphatic rings. The Balaban J connectivity index is 2.46. The molecule has 2 rings (SSSR count). The lowest BCUT2D eigenvalue weighted by Crippen LogP contribution is -1.90. The van der Waals surface area contributed by atoms with E-state index >= 15 is 0 Å². The van der Waals surface area contributed by atoms with Crippen LogP contribution in [0.3, 0.4) is 0 Å². The smallest absolute Gasteiger partial charge is 0.172 e. The number of carbonyl (C=O) groups is 1. The maximum Gasteiger partial charge on any atom is 0.172 e. The minimum absolute atomic E-state index is 0.153. The van der Waals surface area contributed by atoms with Gasteiger partial charge >= 0.3 is 0 Å². The van der Waals surface area contributed by atoms with Gasteiger partial charge in [0.05, 0.1) is 4.88 Å². The zero-order valence-electron chi connectivity index (χ0n) is 10.1. The van der Waals surface area contributed by atoms with Crippen molar-refractivity contribution in [3.63, 3.8) is 0 Å². The Morgan fingerprint density at radius 1 is 1.22 bits per heavy atom. The molecule has 0 N–H and O–H groups in total. The summed E-state index contributed by atoms with van der Waals surface area (Å²) in [6.07, 6.45) is 0.516. The summed E-state index contributed by atoms with van der Waals surface area (Å²) in [6, 6.07) is 7.46. The third kappa shape index (κ3) is 2.61.